The predicted octanol–water partition coefficient (Wildman–Crippen LogP) is 2.45. The van der Waals surface area contributed by atoms with Gasteiger partial charge < -0.3 is 0 Å². The van der Waals surface area contributed by atoms with E-state index in [9.17, 15) is 4.79 Å². The van der Waals surface area contributed by atoms with Crippen molar-refractivity contribution in [2.75, 3.05) is 20.1 Å². The molecule has 0 saturated carbocycles. The molecule has 1 aromatic carbocycles. The third kappa shape index (κ3) is 4.23. The molecule has 2 rings (SSSR count). The van der Waals surface area contributed by atoms with Crippen LogP contribution in [0.15, 0.2) is 18.2 Å². The molecule has 1 heterocycles. The second-order valence-electron chi connectivity index (χ2n) is 6.30. The Bertz CT molecular complexity index is 529. The van der Waals surface area contributed by atoms with E-state index in [2.05, 4.69) is 18.7 Å². The van der Waals surface area contributed by atoms with Gasteiger partial charge in [-0.1, -0.05) is 29.3 Å². The molecule has 122 valence electrons. The number of nitrogens with one attached hydrogen (secondary N) is 1. The van der Waals surface area contributed by atoms with Crippen LogP contribution in [0.4, 0.5) is 0 Å². The molecular weight excluding hydrogens is 319 g/mol. The van der Waals surface area contributed by atoms with Gasteiger partial charge in [-0.05, 0) is 57.5 Å². The van der Waals surface area contributed by atoms with Gasteiger partial charge in [0.25, 0.3) is 0 Å². The summed E-state index contributed by atoms with van der Waals surface area (Å²) < 4.78 is 0. The van der Waals surface area contributed by atoms with Crippen LogP contribution in [-0.2, 0) is 11.2 Å². The lowest BCUT2D eigenvalue weighted by molar-refractivity contribution is -0.827. The van der Waals surface area contributed by atoms with E-state index in [0.29, 0.717) is 22.5 Å². The number of hydrogen-bond donors (Lipinski definition) is 1. The van der Waals surface area contributed by atoms with E-state index >= 15 is 0 Å². The molecule has 1 unspecified atom stereocenters. The molecule has 1 aromatic rings. The molecule has 0 spiro atoms. The molecule has 1 fully saturated rings. The molecule has 1 saturated heterocycles. The molecule has 0 bridgehead atoms. The first-order valence-corrected chi connectivity index (χ1v) is 8.70. The first kappa shape index (κ1) is 17.7. The molecule has 1 amide bonds. The van der Waals surface area contributed by atoms with Gasteiger partial charge in [0.05, 0.1) is 29.6 Å². The van der Waals surface area contributed by atoms with Crippen molar-refractivity contribution in [2.24, 2.45) is 0 Å². The summed E-state index contributed by atoms with van der Waals surface area (Å²) in [7, 11) is 1.97. The molecule has 3 nitrogen and oxygen atoms in total. The zero-order valence-electron chi connectivity index (χ0n) is 13.5. The highest BCUT2D eigenvalue weighted by Crippen LogP contribution is 2.22. The van der Waals surface area contributed by atoms with Gasteiger partial charge >= 0.3 is 5.91 Å². The molecule has 3 atom stereocenters. The predicted molar refractivity (Wildman–Crippen MR) is 91.8 cm³/mol. The minimum atomic E-state index is 0.192. The zero-order chi connectivity index (χ0) is 16.3. The molecule has 0 aromatic heterocycles. The monoisotopic (exact) mass is 343 g/mol. The van der Waals surface area contributed by atoms with Gasteiger partial charge in [0.15, 0.2) is 0 Å². The molecule has 1 aliphatic heterocycles. The Balaban J connectivity index is 1.96. The van der Waals surface area contributed by atoms with Crippen molar-refractivity contribution < 1.29 is 9.69 Å². The number of carbonyl (C=O) groups is 1. The van der Waals surface area contributed by atoms with Crippen molar-refractivity contribution >= 4 is 29.1 Å². The van der Waals surface area contributed by atoms with E-state index in [1.807, 2.05) is 13.1 Å². The molecule has 0 aliphatic carbocycles. The number of likely N-dealkylation sites (tertiary alicyclic amines) is 1. The van der Waals surface area contributed by atoms with Crippen molar-refractivity contribution in [3.63, 3.8) is 0 Å². The number of quaternary nitrogens is 1. The summed E-state index contributed by atoms with van der Waals surface area (Å²) in [6.45, 7) is 6.69. The summed E-state index contributed by atoms with van der Waals surface area (Å²) in [5.41, 5.74) is 0.916. The van der Waals surface area contributed by atoms with Crippen molar-refractivity contribution in [1.82, 2.24) is 4.90 Å². The minimum absolute atomic E-state index is 0.192. The van der Waals surface area contributed by atoms with Crippen molar-refractivity contribution in [3.8, 4) is 0 Å². The summed E-state index contributed by atoms with van der Waals surface area (Å²) in [5, 5.41) is 1.03. The summed E-state index contributed by atoms with van der Waals surface area (Å²) in [4.78, 5) is 16.0. The van der Waals surface area contributed by atoms with Crippen LogP contribution in [0.2, 0.25) is 10.0 Å². The Morgan fingerprint density at radius 1 is 1.23 bits per heavy atom. The molecule has 5 heteroatoms. The summed E-state index contributed by atoms with van der Waals surface area (Å²) in [6, 6.07) is 6.09. The first-order chi connectivity index (χ1) is 10.4. The lowest BCUT2D eigenvalue weighted by Gasteiger charge is -2.31. The standard InChI is InChI=1S/C17H24Cl2N2O/c1-12(13(2)21-8-4-5-9-21)20(3)17(22)11-14-6-7-15(18)16(19)10-14/h6-7,10,12-13H,4-5,8-9,11H2,1-3H3/p+1/t12-,13-/m1/s1. The Kier molecular flexibility index (Phi) is 6.27. The maximum absolute atomic E-state index is 12.5. The summed E-state index contributed by atoms with van der Waals surface area (Å²) in [5.74, 6) is 0.192. The highest BCUT2D eigenvalue weighted by Gasteiger charge is 2.31. The Hall–Kier alpha value is -0.610. The van der Waals surface area contributed by atoms with Crippen LogP contribution in [0.3, 0.4) is 0 Å². The average Bonchev–Trinajstić information content (AvgIpc) is 3.03. The first-order valence-electron chi connectivity index (χ1n) is 7.94. The number of halogens is 2. The van der Waals surface area contributed by atoms with E-state index in [1.54, 1.807) is 12.1 Å². The number of likely N-dealkylation sites (N-methyl/N-ethyl adjacent to an activating group) is 1. The maximum atomic E-state index is 12.5. The largest absolute Gasteiger partial charge is 0.316 e. The maximum Gasteiger partial charge on any atom is 0.316 e. The number of rotatable bonds is 5. The smallest absolute Gasteiger partial charge is 0.295 e. The average molecular weight is 344 g/mol. The quantitative estimate of drug-likeness (QED) is 0.888. The highest BCUT2D eigenvalue weighted by molar-refractivity contribution is 6.42. The van der Waals surface area contributed by atoms with Gasteiger partial charge in [-0.3, -0.25) is 9.80 Å². The number of nitrogens with zero attached hydrogens (tertiary/aromatic N) is 1. The number of amides is 1. The second kappa shape index (κ2) is 7.78. The van der Waals surface area contributed by atoms with Crippen LogP contribution >= 0.6 is 23.2 Å². The SMILES string of the molecule is C[C@H]([C@@H](C)[NH+](C)C(=O)Cc1ccc(Cl)c(Cl)c1)N1CCCC1. The highest BCUT2D eigenvalue weighted by atomic mass is 35.5. The fourth-order valence-electron chi connectivity index (χ4n) is 3.06. The minimum Gasteiger partial charge on any atom is -0.295 e. The molecule has 1 aliphatic rings. The van der Waals surface area contributed by atoms with Crippen LogP contribution in [0.5, 0.6) is 0 Å². The van der Waals surface area contributed by atoms with Crippen molar-refractivity contribution in [3.05, 3.63) is 33.8 Å². The van der Waals surface area contributed by atoms with Crippen LogP contribution in [0, 0.1) is 0 Å². The number of hydrogen-bond acceptors (Lipinski definition) is 2. The fourth-order valence-corrected chi connectivity index (χ4v) is 3.38. The normalized spacial score (nSPS) is 19.9. The lowest BCUT2D eigenvalue weighted by Crippen LogP contribution is -3.16. The van der Waals surface area contributed by atoms with Gasteiger partial charge in [-0.2, -0.15) is 0 Å². The van der Waals surface area contributed by atoms with E-state index in [0.717, 1.165) is 23.6 Å². The topological polar surface area (TPSA) is 24.8 Å². The molecule has 0 radical (unpaired) electrons. The number of benzene rings is 1. The van der Waals surface area contributed by atoms with Gasteiger partial charge in [0.2, 0.25) is 0 Å². The van der Waals surface area contributed by atoms with Crippen LogP contribution in [0.1, 0.15) is 32.3 Å². The summed E-state index contributed by atoms with van der Waals surface area (Å²) in [6.07, 6.45) is 2.93. The van der Waals surface area contributed by atoms with Gasteiger partial charge in [-0.25, -0.2) is 4.79 Å². The Labute approximate surface area is 143 Å². The second-order valence-corrected chi connectivity index (χ2v) is 7.12. The van der Waals surface area contributed by atoms with Crippen LogP contribution in [0.25, 0.3) is 0 Å². The van der Waals surface area contributed by atoms with E-state index in [-0.39, 0.29) is 11.9 Å². The lowest BCUT2D eigenvalue weighted by atomic mass is 10.1. The Morgan fingerprint density at radius 3 is 2.45 bits per heavy atom. The molecule has 22 heavy (non-hydrogen) atoms. The third-order valence-electron chi connectivity index (χ3n) is 4.91. The van der Waals surface area contributed by atoms with Gasteiger partial charge in [0, 0.05) is 0 Å². The molecular formula is C17H25Cl2N2O+. The Morgan fingerprint density at radius 2 is 1.86 bits per heavy atom. The van der Waals surface area contributed by atoms with E-state index < -0.39 is 0 Å². The van der Waals surface area contributed by atoms with Crippen LogP contribution in [-0.4, -0.2) is 43.0 Å². The van der Waals surface area contributed by atoms with E-state index in [4.69, 9.17) is 23.2 Å². The van der Waals surface area contributed by atoms with E-state index in [1.165, 1.54) is 12.8 Å². The zero-order valence-corrected chi connectivity index (χ0v) is 15.0. The van der Waals surface area contributed by atoms with Crippen molar-refractivity contribution in [2.45, 2.75) is 45.2 Å². The van der Waals surface area contributed by atoms with Crippen molar-refractivity contribution in [1.29, 1.82) is 0 Å². The fraction of sp³-hybridized carbons (Fsp3) is 0.588. The molecule has 1 N–H and O–H groups in total. The third-order valence-corrected chi connectivity index (χ3v) is 5.65. The van der Waals surface area contributed by atoms with Gasteiger partial charge in [-0.15, -0.1) is 0 Å². The summed E-state index contributed by atoms with van der Waals surface area (Å²) >= 11 is 11.9. The van der Waals surface area contributed by atoms with Gasteiger partial charge in [0.1, 0.15) is 6.04 Å². The van der Waals surface area contributed by atoms with Crippen LogP contribution < -0.4 is 4.90 Å². The number of carbonyl (C=O) groups excluding carboxylic acids is 1.